The maximum Gasteiger partial charge on any atom is 0.248 e. The van der Waals surface area contributed by atoms with Crippen LogP contribution in [0.15, 0.2) is 24.3 Å². The maximum atomic E-state index is 10.9. The first-order valence-electron chi connectivity index (χ1n) is 5.66. The van der Waals surface area contributed by atoms with E-state index in [4.69, 9.17) is 10.6 Å². The van der Waals surface area contributed by atoms with Crippen LogP contribution in [0.5, 0.6) is 5.75 Å². The van der Waals surface area contributed by atoms with Gasteiger partial charge >= 0.3 is 0 Å². The number of likely N-dealkylation sites (N-methyl/N-ethyl adjacent to an activating group) is 1. The predicted octanol–water partition coefficient (Wildman–Crippen LogP) is 0.327. The Bertz CT molecular complexity index is 383. The molecular formula is C12H17N3O2. The highest BCUT2D eigenvalue weighted by Crippen LogP contribution is 2.14. The van der Waals surface area contributed by atoms with Crippen molar-refractivity contribution in [1.29, 1.82) is 0 Å². The lowest BCUT2D eigenvalue weighted by Crippen LogP contribution is -2.45. The van der Waals surface area contributed by atoms with Gasteiger partial charge in [-0.25, -0.2) is 0 Å². The van der Waals surface area contributed by atoms with Crippen LogP contribution in [0.2, 0.25) is 0 Å². The van der Waals surface area contributed by atoms with Crippen LogP contribution in [0.1, 0.15) is 10.4 Å². The number of benzene rings is 1. The van der Waals surface area contributed by atoms with Gasteiger partial charge in [-0.15, -0.1) is 5.06 Å². The van der Waals surface area contributed by atoms with Crippen LogP contribution in [-0.4, -0.2) is 49.1 Å². The van der Waals surface area contributed by atoms with Crippen molar-refractivity contribution in [2.24, 2.45) is 5.73 Å². The highest BCUT2D eigenvalue weighted by atomic mass is 16.7. The van der Waals surface area contributed by atoms with Gasteiger partial charge < -0.3 is 15.5 Å². The standard InChI is InChI=1S/C12H17N3O2/c1-14-6-8-15(9-7-14)17-11-4-2-10(3-5-11)12(13)16/h2-5H,6-9H2,1H3,(H2,13,16). The summed E-state index contributed by atoms with van der Waals surface area (Å²) in [6.45, 7) is 3.76. The fourth-order valence-electron chi connectivity index (χ4n) is 1.71. The number of carbonyl (C=O) groups excluding carboxylic acids is 1. The van der Waals surface area contributed by atoms with E-state index in [1.54, 1.807) is 24.3 Å². The number of nitrogens with two attached hydrogens (primary N) is 1. The van der Waals surface area contributed by atoms with Crippen molar-refractivity contribution in [3.8, 4) is 5.75 Å². The monoisotopic (exact) mass is 235 g/mol. The van der Waals surface area contributed by atoms with Crippen molar-refractivity contribution in [1.82, 2.24) is 9.96 Å². The minimum Gasteiger partial charge on any atom is -0.406 e. The zero-order valence-electron chi connectivity index (χ0n) is 9.93. The fourth-order valence-corrected chi connectivity index (χ4v) is 1.71. The highest BCUT2D eigenvalue weighted by Gasteiger charge is 2.15. The van der Waals surface area contributed by atoms with Crippen LogP contribution in [0.25, 0.3) is 0 Å². The molecule has 0 aromatic heterocycles. The average Bonchev–Trinajstić information content (AvgIpc) is 2.33. The van der Waals surface area contributed by atoms with Gasteiger partial charge in [-0.05, 0) is 31.3 Å². The minimum absolute atomic E-state index is 0.420. The van der Waals surface area contributed by atoms with Crippen LogP contribution in [-0.2, 0) is 0 Å². The second kappa shape index (κ2) is 5.16. The average molecular weight is 235 g/mol. The van der Waals surface area contributed by atoms with Gasteiger partial charge in [-0.2, -0.15) is 0 Å². The molecule has 0 unspecified atom stereocenters. The highest BCUT2D eigenvalue weighted by molar-refractivity contribution is 5.92. The summed E-state index contributed by atoms with van der Waals surface area (Å²) in [5, 5.41) is 1.93. The van der Waals surface area contributed by atoms with Gasteiger partial charge in [0.25, 0.3) is 0 Å². The van der Waals surface area contributed by atoms with Crippen LogP contribution in [0.4, 0.5) is 0 Å². The molecule has 2 rings (SSSR count). The number of primary amides is 1. The molecule has 1 aliphatic rings. The quantitative estimate of drug-likeness (QED) is 0.820. The Labute approximate surface area is 101 Å². The molecule has 0 spiro atoms. The van der Waals surface area contributed by atoms with E-state index in [-0.39, 0.29) is 0 Å². The molecule has 0 atom stereocenters. The van der Waals surface area contributed by atoms with Crippen molar-refractivity contribution in [2.75, 3.05) is 33.2 Å². The maximum absolute atomic E-state index is 10.9. The molecule has 92 valence electrons. The molecule has 0 saturated carbocycles. The number of hydrogen-bond donors (Lipinski definition) is 1. The lowest BCUT2D eigenvalue weighted by atomic mass is 10.2. The summed E-state index contributed by atoms with van der Waals surface area (Å²) in [4.78, 5) is 18.9. The van der Waals surface area contributed by atoms with E-state index in [1.807, 2.05) is 5.06 Å². The van der Waals surface area contributed by atoms with Gasteiger partial charge in [0.05, 0.1) is 0 Å². The molecule has 17 heavy (non-hydrogen) atoms. The number of rotatable bonds is 3. The Morgan fingerprint density at radius 3 is 2.29 bits per heavy atom. The van der Waals surface area contributed by atoms with Crippen LogP contribution >= 0.6 is 0 Å². The van der Waals surface area contributed by atoms with Crippen molar-refractivity contribution in [3.05, 3.63) is 29.8 Å². The Morgan fingerprint density at radius 2 is 1.76 bits per heavy atom. The predicted molar refractivity (Wildman–Crippen MR) is 64.7 cm³/mol. The van der Waals surface area contributed by atoms with E-state index in [2.05, 4.69) is 11.9 Å². The third-order valence-electron chi connectivity index (χ3n) is 2.84. The number of piperazine rings is 1. The number of carbonyl (C=O) groups is 1. The van der Waals surface area contributed by atoms with E-state index in [0.29, 0.717) is 5.56 Å². The van der Waals surface area contributed by atoms with E-state index in [0.717, 1.165) is 31.9 Å². The Hall–Kier alpha value is -1.59. The van der Waals surface area contributed by atoms with Gasteiger partial charge in [0.2, 0.25) is 5.91 Å². The van der Waals surface area contributed by atoms with Crippen LogP contribution < -0.4 is 10.6 Å². The SMILES string of the molecule is CN1CCN(Oc2ccc(C(N)=O)cc2)CC1. The summed E-state index contributed by atoms with van der Waals surface area (Å²) >= 11 is 0. The molecule has 0 radical (unpaired) electrons. The zero-order valence-corrected chi connectivity index (χ0v) is 9.93. The van der Waals surface area contributed by atoms with Crippen molar-refractivity contribution in [2.45, 2.75) is 0 Å². The summed E-state index contributed by atoms with van der Waals surface area (Å²) in [6.07, 6.45) is 0. The molecule has 1 amide bonds. The van der Waals surface area contributed by atoms with Crippen molar-refractivity contribution < 1.29 is 9.63 Å². The zero-order chi connectivity index (χ0) is 12.3. The third kappa shape index (κ3) is 3.18. The molecule has 5 heteroatoms. The third-order valence-corrected chi connectivity index (χ3v) is 2.84. The smallest absolute Gasteiger partial charge is 0.248 e. The van der Waals surface area contributed by atoms with Gasteiger partial charge in [-0.1, -0.05) is 0 Å². The molecule has 1 fully saturated rings. The normalized spacial score (nSPS) is 17.9. The molecule has 0 aliphatic carbocycles. The van der Waals surface area contributed by atoms with E-state index >= 15 is 0 Å². The molecule has 1 heterocycles. The topological polar surface area (TPSA) is 58.8 Å². The molecule has 1 aliphatic heterocycles. The molecule has 5 nitrogen and oxygen atoms in total. The second-order valence-electron chi connectivity index (χ2n) is 4.21. The van der Waals surface area contributed by atoms with Gasteiger partial charge in [0.15, 0.2) is 0 Å². The summed E-state index contributed by atoms with van der Waals surface area (Å²) in [7, 11) is 2.10. The Balaban J connectivity index is 1.92. The largest absolute Gasteiger partial charge is 0.406 e. The van der Waals surface area contributed by atoms with Gasteiger partial charge in [-0.3, -0.25) is 4.79 Å². The summed E-state index contributed by atoms with van der Waals surface area (Å²) < 4.78 is 0. The number of hydrogen-bond acceptors (Lipinski definition) is 4. The molecule has 1 aromatic carbocycles. The minimum atomic E-state index is -0.420. The Morgan fingerprint density at radius 1 is 1.18 bits per heavy atom. The summed E-state index contributed by atoms with van der Waals surface area (Å²) in [6, 6.07) is 6.87. The number of amides is 1. The lowest BCUT2D eigenvalue weighted by Gasteiger charge is -2.31. The summed E-state index contributed by atoms with van der Waals surface area (Å²) in [5.41, 5.74) is 5.66. The fraction of sp³-hybridized carbons (Fsp3) is 0.417. The van der Waals surface area contributed by atoms with E-state index in [1.165, 1.54) is 0 Å². The molecule has 1 aromatic rings. The van der Waals surface area contributed by atoms with Crippen molar-refractivity contribution in [3.63, 3.8) is 0 Å². The molecule has 1 saturated heterocycles. The van der Waals surface area contributed by atoms with E-state index in [9.17, 15) is 4.79 Å². The van der Waals surface area contributed by atoms with Crippen LogP contribution in [0, 0.1) is 0 Å². The van der Waals surface area contributed by atoms with E-state index < -0.39 is 5.91 Å². The second-order valence-corrected chi connectivity index (χ2v) is 4.21. The first-order chi connectivity index (χ1) is 8.15. The lowest BCUT2D eigenvalue weighted by molar-refractivity contribution is -0.0849. The molecular weight excluding hydrogens is 218 g/mol. The van der Waals surface area contributed by atoms with Gasteiger partial charge in [0, 0.05) is 31.7 Å². The summed E-state index contributed by atoms with van der Waals surface area (Å²) in [5.74, 6) is 0.315. The van der Waals surface area contributed by atoms with Crippen molar-refractivity contribution >= 4 is 5.91 Å². The first-order valence-corrected chi connectivity index (χ1v) is 5.66. The van der Waals surface area contributed by atoms with Crippen LogP contribution in [0.3, 0.4) is 0 Å². The number of hydroxylamine groups is 2. The Kier molecular flexibility index (Phi) is 3.61. The first kappa shape index (κ1) is 11.9. The molecule has 2 N–H and O–H groups in total. The number of nitrogens with zero attached hydrogens (tertiary/aromatic N) is 2. The molecule has 0 bridgehead atoms. The van der Waals surface area contributed by atoms with Gasteiger partial charge in [0.1, 0.15) is 5.75 Å².